The minimum absolute atomic E-state index is 0. The molecule has 10 unspecified atom stereocenters. The van der Waals surface area contributed by atoms with Gasteiger partial charge in [0.25, 0.3) is 21.0 Å². The van der Waals surface area contributed by atoms with Crippen molar-refractivity contribution in [3.05, 3.63) is 0 Å². The first-order valence-electron chi connectivity index (χ1n) is 11.4. The molecule has 0 radical (unpaired) electrons. The fraction of sp³-hybridized carbons (Fsp3) is 0.800. The Morgan fingerprint density at radius 2 is 1.14 bits per heavy atom. The molecule has 0 aromatic rings. The minimum atomic E-state index is -5.42. The van der Waals surface area contributed by atoms with Gasteiger partial charge >= 0.3 is 133 Å². The van der Waals surface area contributed by atoms with Gasteiger partial charge < -0.3 is 43.0 Å². The van der Waals surface area contributed by atoms with Crippen LogP contribution in [0.2, 0.25) is 0 Å². The zero-order valence-corrected chi connectivity index (χ0v) is 40.3. The van der Waals surface area contributed by atoms with Crippen molar-refractivity contribution in [3.8, 4) is 0 Å². The van der Waals surface area contributed by atoms with Gasteiger partial charge in [0.15, 0.2) is 31.7 Å². The van der Waals surface area contributed by atoms with Crippen LogP contribution in [0.5, 0.6) is 0 Å². The predicted octanol–water partition coefficient (Wildman–Crippen LogP) is -6.66. The second-order valence-corrected chi connectivity index (χ2v) is 26.5. The predicted molar refractivity (Wildman–Crippen MR) is 180 cm³/mol. The first-order chi connectivity index (χ1) is 21.2. The van der Waals surface area contributed by atoms with Gasteiger partial charge in [0.1, 0.15) is 18.3 Å². The van der Waals surface area contributed by atoms with Crippen LogP contribution in [0.4, 0.5) is 16.6 Å². The van der Waals surface area contributed by atoms with Gasteiger partial charge in [0.05, 0.1) is 24.0 Å². The maximum Gasteiger partial charge on any atom is 1.00 e. The molecule has 6 aliphatic rings. The van der Waals surface area contributed by atoms with Gasteiger partial charge in [0.2, 0.25) is 0 Å². The van der Waals surface area contributed by atoms with Crippen molar-refractivity contribution in [2.75, 3.05) is 13.3 Å². The summed E-state index contributed by atoms with van der Waals surface area (Å²) in [5.74, 6) is -3.15. The van der Waals surface area contributed by atoms with E-state index in [1.165, 1.54) is 0 Å². The largest absolute Gasteiger partial charge is 1.00 e. The van der Waals surface area contributed by atoms with E-state index >= 15 is 0 Å². The summed E-state index contributed by atoms with van der Waals surface area (Å²) in [5, 5.41) is 16.8. The van der Waals surface area contributed by atoms with Crippen molar-refractivity contribution >= 4 is 119 Å². The molecule has 0 saturated carbocycles. The molecular formula is C20H28F4I5Na2O17S2-. The Kier molecular flexibility index (Phi) is 37.4. The Morgan fingerprint density at radius 1 is 0.820 bits per heavy atom. The summed E-state index contributed by atoms with van der Waals surface area (Å²) in [4.78, 5) is 42.1. The van der Waals surface area contributed by atoms with Crippen molar-refractivity contribution in [1.29, 1.82) is 0 Å². The third-order valence-corrected chi connectivity index (χ3v) is 6.09. The number of carbonyl (C=O) groups excluding carboxylic acids is 3. The zero-order valence-electron chi connectivity index (χ0n) is 23.8. The normalized spacial score (nSPS) is 30.2. The monoisotopic (exact) mass is 1360 g/mol. The molecule has 6 rings (SSSR count). The zero-order chi connectivity index (χ0) is 36.2. The smallest absolute Gasteiger partial charge is 0.722 e. The Balaban J connectivity index is -0.000000172. The summed E-state index contributed by atoms with van der Waals surface area (Å²) >= 11 is 9.54. The van der Waals surface area contributed by atoms with Crippen molar-refractivity contribution in [2.24, 2.45) is 11.8 Å². The topological polar surface area (TPSA) is 269 Å². The summed E-state index contributed by atoms with van der Waals surface area (Å²) < 4.78 is 119. The van der Waals surface area contributed by atoms with Crippen molar-refractivity contribution < 1.29 is 168 Å². The number of aliphatic carboxylic acids is 1. The van der Waals surface area contributed by atoms with Gasteiger partial charge in [-0.05, 0) is 12.8 Å². The number of halogens is 9. The fourth-order valence-electron chi connectivity index (χ4n) is 4.82. The Morgan fingerprint density at radius 3 is 1.46 bits per heavy atom. The van der Waals surface area contributed by atoms with E-state index in [2.05, 4.69) is 74.5 Å². The van der Waals surface area contributed by atoms with E-state index in [4.69, 9.17) is 59.5 Å². The van der Waals surface area contributed by atoms with Crippen molar-refractivity contribution in [1.82, 2.24) is 0 Å². The average molecular weight is 1360 g/mol. The van der Waals surface area contributed by atoms with E-state index in [0.29, 0.717) is 26.1 Å². The van der Waals surface area contributed by atoms with Crippen LogP contribution < -0.4 is 72.4 Å². The molecule has 4 bridgehead atoms. The average Bonchev–Trinajstić information content (AvgIpc) is 3.75. The summed E-state index contributed by atoms with van der Waals surface area (Å²) in [5.41, 5.74) is 0. The molecule has 10 atom stereocenters. The van der Waals surface area contributed by atoms with E-state index in [9.17, 15) is 36.0 Å². The molecule has 6 fully saturated rings. The molecule has 0 amide bonds. The van der Waals surface area contributed by atoms with Crippen LogP contribution in [-0.4, -0.2) is 122 Å². The molecule has 0 spiro atoms. The molecule has 288 valence electrons. The van der Waals surface area contributed by atoms with Crippen molar-refractivity contribution in [2.45, 2.75) is 76.5 Å². The maximum atomic E-state index is 12.0. The SMILES string of the molecule is C.C.II.I[I-]I.O=C(CF)OC1C2CC3C(=O)OC1C3O2.O=C(O)CF.O=C1OC2C(O)C3CC1C2O3.O=S(=O)([O-])F.O=S(=O)([O-])F.[Na+].[Na+]. The summed E-state index contributed by atoms with van der Waals surface area (Å²) in [6, 6.07) is 0. The standard InChI is InChI=1S/C9H9FO5.C7H8O4.C2H3FO2.2CH4.2FHO3S.I3.I2.2Na/c10-2-5(11)14-7-4-1-3-6(13-4)8(7)15-9(3)12;8-4-3-1-2-5(10-3)6(4)11-7(2)9;3-1-2(4)5;;;2*1-5(2,3)4;1-3-2;1-2;;/h3-4,6-8H,1-2H2;2-6,8H,1H2;1H2,(H,4,5);2*1H4;2*(H,2,3,4);;;;/q;;;;;;;-1;;2*+1/p-2. The Labute approximate surface area is 382 Å². The first-order valence-corrected chi connectivity index (χ1v) is 32.9. The third-order valence-electron chi connectivity index (χ3n) is 6.09. The fourth-order valence-corrected chi connectivity index (χ4v) is 4.82. The van der Waals surface area contributed by atoms with Gasteiger partial charge in [-0.3, -0.25) is 9.59 Å². The van der Waals surface area contributed by atoms with Gasteiger partial charge in [-0.25, -0.2) is 35.2 Å². The van der Waals surface area contributed by atoms with Crippen LogP contribution in [0, 0.1) is 11.8 Å². The van der Waals surface area contributed by atoms with E-state index in [1.807, 2.05) is 0 Å². The quantitative estimate of drug-likeness (QED) is 0.0506. The number of aliphatic hydroxyl groups excluding tert-OH is 1. The number of esters is 3. The number of carboxylic acids is 1. The second-order valence-electron chi connectivity index (χ2n) is 8.71. The van der Waals surface area contributed by atoms with Crippen LogP contribution in [0.15, 0.2) is 0 Å². The number of fused-ring (bicyclic) bond motifs is 2. The van der Waals surface area contributed by atoms with E-state index in [-0.39, 0.29) is 128 Å². The summed E-state index contributed by atoms with van der Waals surface area (Å²) in [6.07, 6.45) is -1.88. The number of aliphatic hydroxyl groups is 1. The Bertz CT molecular complexity index is 1220. The van der Waals surface area contributed by atoms with Gasteiger partial charge in [-0.1, -0.05) is 14.9 Å². The third kappa shape index (κ3) is 22.6. The van der Waals surface area contributed by atoms with E-state index in [1.54, 1.807) is 0 Å². The number of ether oxygens (including phenoxy) is 5. The number of rotatable bonds is 3. The molecule has 6 aliphatic heterocycles. The molecular weight excluding hydrogens is 1330 g/mol. The first kappa shape index (κ1) is 62.2. The molecule has 6 saturated heterocycles. The molecule has 0 aromatic carbocycles. The molecule has 30 heteroatoms. The molecule has 17 nitrogen and oxygen atoms in total. The number of hydrogen-bond acceptors (Lipinski definition) is 16. The number of alkyl halides is 2. The van der Waals surface area contributed by atoms with Crippen LogP contribution in [0.1, 0.15) is 27.7 Å². The van der Waals surface area contributed by atoms with E-state index < -0.39 is 64.6 Å². The molecule has 50 heavy (non-hydrogen) atoms. The van der Waals surface area contributed by atoms with Gasteiger partial charge in [0, 0.05) is 37.2 Å². The maximum absolute atomic E-state index is 12.0. The Hall–Kier alpha value is 2.95. The van der Waals surface area contributed by atoms with Gasteiger partial charge in [-0.2, -0.15) is 0 Å². The van der Waals surface area contributed by atoms with Crippen LogP contribution >= 0.6 is 74.5 Å². The summed E-state index contributed by atoms with van der Waals surface area (Å²) in [7, 11) is -10.8. The second kappa shape index (κ2) is 30.1. The van der Waals surface area contributed by atoms with Crippen molar-refractivity contribution in [3.63, 3.8) is 0 Å². The van der Waals surface area contributed by atoms with E-state index in [0.717, 1.165) is 0 Å². The number of hydrogen-bond donors (Lipinski definition) is 2. The van der Waals surface area contributed by atoms with Crippen LogP contribution in [0.25, 0.3) is 0 Å². The molecule has 6 heterocycles. The minimum Gasteiger partial charge on any atom is -0.722 e. The summed E-state index contributed by atoms with van der Waals surface area (Å²) in [6.45, 7) is -2.45. The molecule has 2 N–H and O–H groups in total. The molecule has 0 aromatic heterocycles. The number of carboxylic acid groups (broad SMARTS) is 1. The number of carbonyl (C=O) groups is 4. The molecule has 0 aliphatic carbocycles. The van der Waals surface area contributed by atoms with Crippen LogP contribution in [0.3, 0.4) is 0 Å². The van der Waals surface area contributed by atoms with Gasteiger partial charge in [-0.15, -0.1) is 7.77 Å². The van der Waals surface area contributed by atoms with Crippen LogP contribution in [-0.2, 0) is 63.9 Å².